The number of rotatable bonds is 6. The fourth-order valence-corrected chi connectivity index (χ4v) is 3.00. The van der Waals surface area contributed by atoms with Gasteiger partial charge in [-0.15, -0.1) is 0 Å². The topological polar surface area (TPSA) is 138 Å². The number of aromatic nitrogens is 4. The standard InChI is InChI=1S/C18H18N8O3/c1-9(13-3-2-6-29-13)20-16-23-14-10(7-12-15(27)24-18(28)22-12)8-19-26(14)17(25-16)21-11-4-5-11/h2-3,6-9,11H,4-5H2,1H3,(H2,20,21,23,25)(H2,22,24,27,28)/b12-7-. The first-order chi connectivity index (χ1) is 14.1. The average molecular weight is 394 g/mol. The van der Waals surface area contributed by atoms with Gasteiger partial charge >= 0.3 is 6.03 Å². The summed E-state index contributed by atoms with van der Waals surface area (Å²) in [4.78, 5) is 32.3. The van der Waals surface area contributed by atoms with Crippen molar-refractivity contribution >= 4 is 35.6 Å². The Morgan fingerprint density at radius 1 is 1.31 bits per heavy atom. The Labute approximate surface area is 164 Å². The van der Waals surface area contributed by atoms with Gasteiger partial charge in [0.05, 0.1) is 18.5 Å². The number of furan rings is 1. The molecule has 1 aliphatic carbocycles. The van der Waals surface area contributed by atoms with Gasteiger partial charge in [-0.05, 0) is 38.0 Å². The summed E-state index contributed by atoms with van der Waals surface area (Å²) in [7, 11) is 0. The molecule has 3 aromatic rings. The Bertz CT molecular complexity index is 1130. The molecule has 1 unspecified atom stereocenters. The van der Waals surface area contributed by atoms with Crippen LogP contribution in [0.1, 0.15) is 37.1 Å². The minimum absolute atomic E-state index is 0.138. The predicted octanol–water partition coefficient (Wildman–Crippen LogP) is 1.64. The van der Waals surface area contributed by atoms with Crippen LogP contribution in [0.25, 0.3) is 11.7 Å². The van der Waals surface area contributed by atoms with Crippen LogP contribution in [0.15, 0.2) is 34.7 Å². The molecule has 5 rings (SSSR count). The zero-order valence-corrected chi connectivity index (χ0v) is 15.5. The molecule has 2 fully saturated rings. The summed E-state index contributed by atoms with van der Waals surface area (Å²) in [5.74, 6) is 1.21. The number of fused-ring (bicyclic) bond motifs is 1. The van der Waals surface area contributed by atoms with E-state index >= 15 is 0 Å². The summed E-state index contributed by atoms with van der Waals surface area (Å²) in [6.45, 7) is 1.94. The summed E-state index contributed by atoms with van der Waals surface area (Å²) < 4.78 is 7.02. The van der Waals surface area contributed by atoms with Crippen LogP contribution in [-0.2, 0) is 4.79 Å². The second-order valence-electron chi connectivity index (χ2n) is 6.97. The molecule has 4 heterocycles. The quantitative estimate of drug-likeness (QED) is 0.366. The van der Waals surface area contributed by atoms with Crippen molar-refractivity contribution in [2.75, 3.05) is 10.6 Å². The van der Waals surface area contributed by atoms with Gasteiger partial charge in [0.25, 0.3) is 5.91 Å². The van der Waals surface area contributed by atoms with Gasteiger partial charge in [-0.1, -0.05) is 0 Å². The van der Waals surface area contributed by atoms with E-state index in [1.54, 1.807) is 17.0 Å². The number of urea groups is 1. The van der Waals surface area contributed by atoms with Crippen molar-refractivity contribution in [3.05, 3.63) is 41.6 Å². The van der Waals surface area contributed by atoms with Crippen molar-refractivity contribution in [1.82, 2.24) is 30.2 Å². The maximum Gasteiger partial charge on any atom is 0.326 e. The molecule has 3 amide bonds. The van der Waals surface area contributed by atoms with Crippen molar-refractivity contribution in [3.63, 3.8) is 0 Å². The van der Waals surface area contributed by atoms with Crippen LogP contribution in [0, 0.1) is 0 Å². The molecule has 4 N–H and O–H groups in total. The van der Waals surface area contributed by atoms with Crippen molar-refractivity contribution in [1.29, 1.82) is 0 Å². The van der Waals surface area contributed by atoms with E-state index in [-0.39, 0.29) is 11.7 Å². The largest absolute Gasteiger partial charge is 0.467 e. The molecule has 11 nitrogen and oxygen atoms in total. The number of anilines is 2. The molecule has 148 valence electrons. The van der Waals surface area contributed by atoms with Gasteiger partial charge in [-0.25, -0.2) is 4.79 Å². The van der Waals surface area contributed by atoms with E-state index in [0.717, 1.165) is 18.6 Å². The van der Waals surface area contributed by atoms with E-state index in [1.807, 2.05) is 19.1 Å². The van der Waals surface area contributed by atoms with Crippen LogP contribution in [0.4, 0.5) is 16.7 Å². The first-order valence-electron chi connectivity index (χ1n) is 9.23. The predicted molar refractivity (Wildman–Crippen MR) is 103 cm³/mol. The van der Waals surface area contributed by atoms with Crippen LogP contribution in [0.2, 0.25) is 0 Å². The lowest BCUT2D eigenvalue weighted by molar-refractivity contribution is -0.115. The third kappa shape index (κ3) is 3.37. The Morgan fingerprint density at radius 3 is 2.86 bits per heavy atom. The minimum Gasteiger partial charge on any atom is -0.467 e. The molecule has 1 saturated carbocycles. The van der Waals surface area contributed by atoms with Gasteiger partial charge in [0.15, 0.2) is 5.65 Å². The van der Waals surface area contributed by atoms with Gasteiger partial charge in [-0.3, -0.25) is 10.1 Å². The third-order valence-electron chi connectivity index (χ3n) is 4.64. The summed E-state index contributed by atoms with van der Waals surface area (Å²) in [6, 6.07) is 3.34. The van der Waals surface area contributed by atoms with E-state index in [1.165, 1.54) is 6.08 Å². The normalized spacial score (nSPS) is 18.7. The highest BCUT2D eigenvalue weighted by Gasteiger charge is 2.26. The van der Waals surface area contributed by atoms with E-state index in [9.17, 15) is 9.59 Å². The number of imide groups is 1. The SMILES string of the molecule is CC(Nc1nc(NC2CC2)n2ncc(/C=C3\NC(=O)NC3=O)c2n1)c1ccco1. The Balaban J connectivity index is 1.54. The van der Waals surface area contributed by atoms with Gasteiger partial charge in [-0.2, -0.15) is 19.6 Å². The number of nitrogens with zero attached hydrogens (tertiary/aromatic N) is 4. The van der Waals surface area contributed by atoms with Gasteiger partial charge in [0.2, 0.25) is 11.9 Å². The smallest absolute Gasteiger partial charge is 0.326 e. The number of hydrogen-bond donors (Lipinski definition) is 4. The molecule has 1 saturated heterocycles. The summed E-state index contributed by atoms with van der Waals surface area (Å²) >= 11 is 0. The Hall–Kier alpha value is -3.89. The lowest BCUT2D eigenvalue weighted by atomic mass is 10.2. The van der Waals surface area contributed by atoms with Crippen LogP contribution >= 0.6 is 0 Å². The summed E-state index contributed by atoms with van der Waals surface area (Å²) in [5, 5.41) is 15.6. The first-order valence-corrected chi connectivity index (χ1v) is 9.23. The highest BCUT2D eigenvalue weighted by molar-refractivity contribution is 6.14. The molecule has 11 heteroatoms. The van der Waals surface area contributed by atoms with E-state index in [0.29, 0.717) is 29.1 Å². The number of amides is 3. The van der Waals surface area contributed by atoms with Crippen LogP contribution in [0.5, 0.6) is 0 Å². The number of carbonyl (C=O) groups excluding carboxylic acids is 2. The van der Waals surface area contributed by atoms with Crippen molar-refractivity contribution in [2.45, 2.75) is 31.8 Å². The van der Waals surface area contributed by atoms with Crippen molar-refractivity contribution in [2.24, 2.45) is 0 Å². The lowest BCUT2D eigenvalue weighted by Crippen LogP contribution is -2.22. The van der Waals surface area contributed by atoms with E-state index in [2.05, 4.69) is 36.3 Å². The molecular formula is C18H18N8O3. The zero-order chi connectivity index (χ0) is 20.0. The fourth-order valence-electron chi connectivity index (χ4n) is 3.00. The lowest BCUT2D eigenvalue weighted by Gasteiger charge is -2.13. The molecule has 2 aliphatic rings. The number of hydrogen-bond acceptors (Lipinski definition) is 8. The van der Waals surface area contributed by atoms with Gasteiger partial charge < -0.3 is 20.4 Å². The molecule has 29 heavy (non-hydrogen) atoms. The van der Waals surface area contributed by atoms with E-state index < -0.39 is 11.9 Å². The van der Waals surface area contributed by atoms with E-state index in [4.69, 9.17) is 4.42 Å². The maximum atomic E-state index is 11.9. The minimum atomic E-state index is -0.557. The summed E-state index contributed by atoms with van der Waals surface area (Å²) in [6.07, 6.45) is 6.87. The highest BCUT2D eigenvalue weighted by atomic mass is 16.3. The molecular weight excluding hydrogens is 376 g/mol. The number of nitrogens with one attached hydrogen (secondary N) is 4. The third-order valence-corrected chi connectivity index (χ3v) is 4.64. The molecule has 3 aromatic heterocycles. The monoisotopic (exact) mass is 394 g/mol. The summed E-state index contributed by atoms with van der Waals surface area (Å²) in [5.41, 5.74) is 1.21. The molecule has 1 atom stereocenters. The van der Waals surface area contributed by atoms with Crippen LogP contribution < -0.4 is 21.3 Å². The highest BCUT2D eigenvalue weighted by Crippen LogP contribution is 2.26. The maximum absolute atomic E-state index is 11.9. The molecule has 1 aliphatic heterocycles. The van der Waals surface area contributed by atoms with Crippen molar-refractivity contribution < 1.29 is 14.0 Å². The first kappa shape index (κ1) is 17.2. The Kier molecular flexibility index (Phi) is 3.93. The second kappa shape index (κ2) is 6.62. The number of carbonyl (C=O) groups is 2. The van der Waals surface area contributed by atoms with Crippen LogP contribution in [0.3, 0.4) is 0 Å². The molecule has 0 bridgehead atoms. The van der Waals surface area contributed by atoms with Crippen molar-refractivity contribution in [3.8, 4) is 0 Å². The van der Waals surface area contributed by atoms with Gasteiger partial charge in [0.1, 0.15) is 11.5 Å². The second-order valence-corrected chi connectivity index (χ2v) is 6.97. The van der Waals surface area contributed by atoms with Gasteiger partial charge in [0, 0.05) is 11.6 Å². The average Bonchev–Trinajstić information content (AvgIpc) is 3.07. The molecule has 0 spiro atoms. The molecule has 0 aromatic carbocycles. The molecule has 0 radical (unpaired) electrons. The zero-order valence-electron chi connectivity index (χ0n) is 15.5. The Morgan fingerprint density at radius 2 is 2.17 bits per heavy atom. The van der Waals surface area contributed by atoms with Crippen LogP contribution in [-0.4, -0.2) is 37.6 Å². The fraction of sp³-hybridized carbons (Fsp3) is 0.278.